The van der Waals surface area contributed by atoms with Gasteiger partial charge < -0.3 is 9.47 Å². The topological polar surface area (TPSA) is 56.5 Å². The van der Waals surface area contributed by atoms with Crippen LogP contribution >= 0.6 is 15.9 Å². The number of nitrogens with one attached hydrogen (secondary N) is 1. The quantitative estimate of drug-likeness (QED) is 0.643. The minimum Gasteiger partial charge on any atom is -0.496 e. The first kappa shape index (κ1) is 13.8. The summed E-state index contributed by atoms with van der Waals surface area (Å²) in [4.78, 5) is 0. The van der Waals surface area contributed by atoms with Crippen molar-refractivity contribution in [1.29, 1.82) is 0 Å². The molecule has 4 nitrogen and oxygen atoms in total. The van der Waals surface area contributed by atoms with E-state index in [2.05, 4.69) is 33.5 Å². The summed E-state index contributed by atoms with van der Waals surface area (Å²) in [6.45, 7) is 1.64. The predicted octanol–water partition coefficient (Wildman–Crippen LogP) is 1.87. The summed E-state index contributed by atoms with van der Waals surface area (Å²) in [6, 6.07) is 6.38. The minimum atomic E-state index is 0.257. The maximum absolute atomic E-state index is 5.65. The smallest absolute Gasteiger partial charge is 0.133 e. The Labute approximate surface area is 116 Å². The van der Waals surface area contributed by atoms with E-state index in [9.17, 15) is 0 Å². The molecule has 2 rings (SSSR count). The third kappa shape index (κ3) is 3.23. The van der Waals surface area contributed by atoms with Crippen molar-refractivity contribution in [2.75, 3.05) is 20.3 Å². The highest BCUT2D eigenvalue weighted by molar-refractivity contribution is 9.10. The van der Waals surface area contributed by atoms with Gasteiger partial charge in [0.2, 0.25) is 0 Å². The molecule has 0 bridgehead atoms. The molecule has 1 heterocycles. The average molecular weight is 315 g/mol. The third-order valence-corrected chi connectivity index (χ3v) is 4.04. The van der Waals surface area contributed by atoms with Crippen molar-refractivity contribution in [1.82, 2.24) is 5.43 Å². The fraction of sp³-hybridized carbons (Fsp3) is 0.538. The molecule has 0 spiro atoms. The summed E-state index contributed by atoms with van der Waals surface area (Å²) in [5.41, 5.74) is 4.15. The fourth-order valence-electron chi connectivity index (χ4n) is 2.32. The number of hydrazine groups is 1. The second kappa shape index (κ2) is 6.52. The molecule has 0 aliphatic carbocycles. The number of benzene rings is 1. The lowest BCUT2D eigenvalue weighted by atomic mass is 9.93. The van der Waals surface area contributed by atoms with Crippen molar-refractivity contribution in [2.45, 2.75) is 18.9 Å². The van der Waals surface area contributed by atoms with Crippen LogP contribution in [0, 0.1) is 5.92 Å². The van der Waals surface area contributed by atoms with Gasteiger partial charge in [0.15, 0.2) is 0 Å². The molecular formula is C13H19BrN2O2. The van der Waals surface area contributed by atoms with E-state index < -0.39 is 0 Å². The van der Waals surface area contributed by atoms with Gasteiger partial charge in [0, 0.05) is 18.6 Å². The average Bonchev–Trinajstić information content (AvgIpc) is 2.90. The number of nitrogens with two attached hydrogens (primary N) is 1. The monoisotopic (exact) mass is 314 g/mol. The maximum atomic E-state index is 5.65. The Morgan fingerprint density at radius 2 is 2.44 bits per heavy atom. The number of rotatable bonds is 5. The molecule has 5 heteroatoms. The Kier molecular flexibility index (Phi) is 5.00. The second-order valence-electron chi connectivity index (χ2n) is 4.57. The van der Waals surface area contributed by atoms with Crippen LogP contribution in [0.15, 0.2) is 22.7 Å². The zero-order chi connectivity index (χ0) is 13.0. The van der Waals surface area contributed by atoms with Crippen molar-refractivity contribution in [3.63, 3.8) is 0 Å². The standard InChI is InChI=1S/C13H19BrN2O2/c1-17-13-3-2-9(6-11(13)14)7-12(16-15)10-4-5-18-8-10/h2-3,6,10,12,16H,4-5,7-8,15H2,1H3. The Hall–Kier alpha value is -0.620. The summed E-state index contributed by atoms with van der Waals surface area (Å²) in [5.74, 6) is 7.00. The van der Waals surface area contributed by atoms with Crippen molar-refractivity contribution < 1.29 is 9.47 Å². The largest absolute Gasteiger partial charge is 0.496 e. The van der Waals surface area contributed by atoms with Crippen LogP contribution in [0.2, 0.25) is 0 Å². The number of ether oxygens (including phenoxy) is 2. The highest BCUT2D eigenvalue weighted by Crippen LogP contribution is 2.27. The van der Waals surface area contributed by atoms with E-state index in [4.69, 9.17) is 15.3 Å². The molecule has 100 valence electrons. The van der Waals surface area contributed by atoms with Crippen LogP contribution in [0.4, 0.5) is 0 Å². The zero-order valence-electron chi connectivity index (χ0n) is 10.5. The number of hydrogen-bond acceptors (Lipinski definition) is 4. The van der Waals surface area contributed by atoms with Gasteiger partial charge in [-0.1, -0.05) is 6.07 Å². The minimum absolute atomic E-state index is 0.257. The third-order valence-electron chi connectivity index (χ3n) is 3.42. The molecule has 1 fully saturated rings. The maximum Gasteiger partial charge on any atom is 0.133 e. The van der Waals surface area contributed by atoms with Crippen LogP contribution in [-0.2, 0) is 11.2 Å². The van der Waals surface area contributed by atoms with Crippen LogP contribution in [-0.4, -0.2) is 26.4 Å². The van der Waals surface area contributed by atoms with Gasteiger partial charge in [0.1, 0.15) is 5.75 Å². The van der Waals surface area contributed by atoms with E-state index >= 15 is 0 Å². The molecule has 2 unspecified atom stereocenters. The first-order valence-corrected chi connectivity index (χ1v) is 6.90. The molecule has 18 heavy (non-hydrogen) atoms. The summed E-state index contributed by atoms with van der Waals surface area (Å²) in [7, 11) is 1.67. The molecule has 0 saturated carbocycles. The normalized spacial score (nSPS) is 20.9. The molecular weight excluding hydrogens is 296 g/mol. The first-order valence-electron chi connectivity index (χ1n) is 6.11. The van der Waals surface area contributed by atoms with Crippen LogP contribution < -0.4 is 16.0 Å². The fourth-order valence-corrected chi connectivity index (χ4v) is 2.91. The van der Waals surface area contributed by atoms with Gasteiger partial charge in [-0.05, 0) is 46.5 Å². The summed E-state index contributed by atoms with van der Waals surface area (Å²) < 4.78 is 11.6. The molecule has 3 N–H and O–H groups in total. The summed E-state index contributed by atoms with van der Waals surface area (Å²) in [5, 5.41) is 0. The molecule has 0 amide bonds. The van der Waals surface area contributed by atoms with Gasteiger partial charge in [-0.3, -0.25) is 11.3 Å². The van der Waals surface area contributed by atoms with Gasteiger partial charge in [-0.15, -0.1) is 0 Å². The molecule has 1 aromatic rings. The number of hydrogen-bond donors (Lipinski definition) is 2. The first-order chi connectivity index (χ1) is 8.74. The highest BCUT2D eigenvalue weighted by Gasteiger charge is 2.25. The van der Waals surface area contributed by atoms with Crippen LogP contribution in [0.25, 0.3) is 0 Å². The lowest BCUT2D eigenvalue weighted by molar-refractivity contribution is 0.176. The van der Waals surface area contributed by atoms with Crippen LogP contribution in [0.1, 0.15) is 12.0 Å². The lowest BCUT2D eigenvalue weighted by Crippen LogP contribution is -2.42. The molecule has 1 aromatic carbocycles. The van der Waals surface area contributed by atoms with Gasteiger partial charge in [0.25, 0.3) is 0 Å². The van der Waals surface area contributed by atoms with Crippen molar-refractivity contribution in [3.8, 4) is 5.75 Å². The Bertz CT molecular complexity index is 395. The molecule has 0 radical (unpaired) electrons. The second-order valence-corrected chi connectivity index (χ2v) is 5.42. The summed E-state index contributed by atoms with van der Waals surface area (Å²) in [6.07, 6.45) is 1.97. The number of methoxy groups -OCH3 is 1. The lowest BCUT2D eigenvalue weighted by Gasteiger charge is -2.21. The molecule has 1 aliphatic heterocycles. The van der Waals surface area contributed by atoms with E-state index in [1.165, 1.54) is 5.56 Å². The van der Waals surface area contributed by atoms with Gasteiger partial charge >= 0.3 is 0 Å². The van der Waals surface area contributed by atoms with Crippen molar-refractivity contribution in [2.24, 2.45) is 11.8 Å². The number of halogens is 1. The molecule has 1 aliphatic rings. The molecule has 1 saturated heterocycles. The van der Waals surface area contributed by atoms with Crippen molar-refractivity contribution >= 4 is 15.9 Å². The van der Waals surface area contributed by atoms with Gasteiger partial charge in [-0.25, -0.2) is 0 Å². The predicted molar refractivity (Wildman–Crippen MR) is 74.4 cm³/mol. The van der Waals surface area contributed by atoms with E-state index in [0.717, 1.165) is 36.3 Å². The van der Waals surface area contributed by atoms with Crippen molar-refractivity contribution in [3.05, 3.63) is 28.2 Å². The van der Waals surface area contributed by atoms with E-state index in [1.807, 2.05) is 6.07 Å². The molecule has 2 atom stereocenters. The highest BCUT2D eigenvalue weighted by atomic mass is 79.9. The van der Waals surface area contributed by atoms with Crippen LogP contribution in [0.5, 0.6) is 5.75 Å². The zero-order valence-corrected chi connectivity index (χ0v) is 12.1. The van der Waals surface area contributed by atoms with E-state index in [-0.39, 0.29) is 6.04 Å². The Morgan fingerprint density at radius 1 is 1.61 bits per heavy atom. The summed E-state index contributed by atoms with van der Waals surface area (Å²) >= 11 is 3.50. The van der Waals surface area contributed by atoms with Gasteiger partial charge in [-0.2, -0.15) is 0 Å². The Balaban J connectivity index is 2.04. The Morgan fingerprint density at radius 3 is 3.00 bits per heavy atom. The van der Waals surface area contributed by atoms with Crippen LogP contribution in [0.3, 0.4) is 0 Å². The SMILES string of the molecule is COc1ccc(CC(NN)C2CCOC2)cc1Br. The van der Waals surface area contributed by atoms with E-state index in [1.54, 1.807) is 7.11 Å². The molecule has 0 aromatic heterocycles. The van der Waals surface area contributed by atoms with E-state index in [0.29, 0.717) is 5.92 Å². The van der Waals surface area contributed by atoms with Gasteiger partial charge in [0.05, 0.1) is 18.2 Å².